The average Bonchev–Trinajstić information content (AvgIpc) is 2.10. The highest BCUT2D eigenvalue weighted by Gasteiger charge is 2.16. The molecule has 0 radical (unpaired) electrons. The normalized spacial score (nSPS) is 11.5. The SMILES string of the molecule is CC(C)(CN)Nc1ccc(F)cc1F. The Hall–Kier alpha value is -1.16. The van der Waals surface area contributed by atoms with E-state index in [2.05, 4.69) is 5.32 Å². The van der Waals surface area contributed by atoms with E-state index in [1.165, 1.54) is 12.1 Å². The Labute approximate surface area is 82.1 Å². The van der Waals surface area contributed by atoms with Gasteiger partial charge in [0.15, 0.2) is 0 Å². The zero-order valence-electron chi connectivity index (χ0n) is 8.27. The number of hydrogen-bond donors (Lipinski definition) is 2. The maximum Gasteiger partial charge on any atom is 0.149 e. The quantitative estimate of drug-likeness (QED) is 0.784. The van der Waals surface area contributed by atoms with E-state index >= 15 is 0 Å². The van der Waals surface area contributed by atoms with Gasteiger partial charge in [-0.3, -0.25) is 0 Å². The molecule has 14 heavy (non-hydrogen) atoms. The lowest BCUT2D eigenvalue weighted by molar-refractivity contribution is 0.555. The van der Waals surface area contributed by atoms with Gasteiger partial charge < -0.3 is 11.1 Å². The van der Waals surface area contributed by atoms with E-state index in [0.29, 0.717) is 6.54 Å². The molecule has 3 N–H and O–H groups in total. The first-order chi connectivity index (χ1) is 6.44. The van der Waals surface area contributed by atoms with Crippen LogP contribution in [-0.2, 0) is 0 Å². The Morgan fingerprint density at radius 2 is 2.00 bits per heavy atom. The maximum absolute atomic E-state index is 13.2. The Morgan fingerprint density at radius 1 is 1.36 bits per heavy atom. The lowest BCUT2D eigenvalue weighted by atomic mass is 10.1. The molecule has 0 bridgehead atoms. The number of rotatable bonds is 3. The molecule has 2 nitrogen and oxygen atoms in total. The van der Waals surface area contributed by atoms with Gasteiger partial charge in [-0.1, -0.05) is 0 Å². The second-order valence-electron chi connectivity index (χ2n) is 3.84. The third-order valence-corrected chi connectivity index (χ3v) is 1.91. The Bertz CT molecular complexity index is 324. The molecule has 0 saturated carbocycles. The summed E-state index contributed by atoms with van der Waals surface area (Å²) in [5.41, 5.74) is 5.34. The molecule has 0 unspecified atom stereocenters. The second kappa shape index (κ2) is 3.92. The van der Waals surface area contributed by atoms with Crippen molar-refractivity contribution in [3.05, 3.63) is 29.8 Å². The Morgan fingerprint density at radius 3 is 2.50 bits per heavy atom. The van der Waals surface area contributed by atoms with Gasteiger partial charge in [0.25, 0.3) is 0 Å². The van der Waals surface area contributed by atoms with Crippen LogP contribution >= 0.6 is 0 Å². The molecule has 1 rings (SSSR count). The van der Waals surface area contributed by atoms with Crippen LogP contribution in [0, 0.1) is 11.6 Å². The maximum atomic E-state index is 13.2. The van der Waals surface area contributed by atoms with Gasteiger partial charge in [0.1, 0.15) is 11.6 Å². The molecule has 0 fully saturated rings. The number of hydrogen-bond acceptors (Lipinski definition) is 2. The molecule has 1 aromatic carbocycles. The predicted octanol–water partition coefficient (Wildman–Crippen LogP) is 2.11. The van der Waals surface area contributed by atoms with E-state index in [1.807, 2.05) is 13.8 Å². The largest absolute Gasteiger partial charge is 0.377 e. The van der Waals surface area contributed by atoms with E-state index in [4.69, 9.17) is 5.73 Å². The second-order valence-corrected chi connectivity index (χ2v) is 3.84. The van der Waals surface area contributed by atoms with Crippen molar-refractivity contribution in [3.63, 3.8) is 0 Å². The molecule has 0 spiro atoms. The van der Waals surface area contributed by atoms with Crippen LogP contribution in [-0.4, -0.2) is 12.1 Å². The van der Waals surface area contributed by atoms with E-state index in [0.717, 1.165) is 6.07 Å². The van der Waals surface area contributed by atoms with Crippen LogP contribution in [0.4, 0.5) is 14.5 Å². The van der Waals surface area contributed by atoms with Gasteiger partial charge >= 0.3 is 0 Å². The average molecular weight is 200 g/mol. The minimum atomic E-state index is -0.605. The molecule has 4 heteroatoms. The lowest BCUT2D eigenvalue weighted by Crippen LogP contribution is -2.39. The van der Waals surface area contributed by atoms with Crippen molar-refractivity contribution < 1.29 is 8.78 Å². The summed E-state index contributed by atoms with van der Waals surface area (Å²) in [6, 6.07) is 3.41. The number of anilines is 1. The Balaban J connectivity index is 2.87. The van der Waals surface area contributed by atoms with Crippen LogP contribution in [0.3, 0.4) is 0 Å². The summed E-state index contributed by atoms with van der Waals surface area (Å²) in [4.78, 5) is 0. The predicted molar refractivity (Wildman–Crippen MR) is 53.1 cm³/mol. The first-order valence-electron chi connectivity index (χ1n) is 4.38. The van der Waals surface area contributed by atoms with Gasteiger partial charge in [-0.05, 0) is 26.0 Å². The summed E-state index contributed by atoms with van der Waals surface area (Å²) in [5.74, 6) is -1.19. The van der Waals surface area contributed by atoms with E-state index < -0.39 is 17.2 Å². The van der Waals surface area contributed by atoms with Crippen molar-refractivity contribution in [2.24, 2.45) is 5.73 Å². The van der Waals surface area contributed by atoms with Gasteiger partial charge in [0.05, 0.1) is 5.69 Å². The van der Waals surface area contributed by atoms with E-state index in [9.17, 15) is 8.78 Å². The molecule has 0 amide bonds. The molecule has 0 aliphatic rings. The van der Waals surface area contributed by atoms with Gasteiger partial charge in [-0.2, -0.15) is 0 Å². The number of halogens is 2. The van der Waals surface area contributed by atoms with Crippen LogP contribution in [0.1, 0.15) is 13.8 Å². The smallest absolute Gasteiger partial charge is 0.149 e. The van der Waals surface area contributed by atoms with Gasteiger partial charge in [0.2, 0.25) is 0 Å². The summed E-state index contributed by atoms with van der Waals surface area (Å²) in [6.07, 6.45) is 0. The summed E-state index contributed by atoms with van der Waals surface area (Å²) >= 11 is 0. The topological polar surface area (TPSA) is 38.0 Å². The van der Waals surface area contributed by atoms with Crippen molar-refractivity contribution in [2.45, 2.75) is 19.4 Å². The first-order valence-corrected chi connectivity index (χ1v) is 4.38. The molecule has 0 aromatic heterocycles. The highest BCUT2D eigenvalue weighted by atomic mass is 19.1. The summed E-state index contributed by atoms with van der Waals surface area (Å²) < 4.78 is 25.7. The van der Waals surface area contributed by atoms with Crippen LogP contribution in [0.25, 0.3) is 0 Å². The third-order valence-electron chi connectivity index (χ3n) is 1.91. The minimum Gasteiger partial charge on any atom is -0.377 e. The van der Waals surface area contributed by atoms with E-state index in [-0.39, 0.29) is 5.69 Å². The fraction of sp³-hybridized carbons (Fsp3) is 0.400. The molecule has 0 aliphatic heterocycles. The van der Waals surface area contributed by atoms with Crippen molar-refractivity contribution in [1.82, 2.24) is 0 Å². The van der Waals surface area contributed by atoms with Crippen LogP contribution in [0.2, 0.25) is 0 Å². The van der Waals surface area contributed by atoms with Crippen LogP contribution in [0.5, 0.6) is 0 Å². The molecular weight excluding hydrogens is 186 g/mol. The fourth-order valence-corrected chi connectivity index (χ4v) is 1.01. The summed E-state index contributed by atoms with van der Waals surface area (Å²) in [5, 5.41) is 2.90. The zero-order chi connectivity index (χ0) is 10.8. The highest BCUT2D eigenvalue weighted by molar-refractivity contribution is 5.46. The van der Waals surface area contributed by atoms with Gasteiger partial charge in [-0.25, -0.2) is 8.78 Å². The van der Waals surface area contributed by atoms with Crippen molar-refractivity contribution >= 4 is 5.69 Å². The van der Waals surface area contributed by atoms with Gasteiger partial charge in [-0.15, -0.1) is 0 Å². The number of benzene rings is 1. The monoisotopic (exact) mass is 200 g/mol. The Kier molecular flexibility index (Phi) is 3.06. The minimum absolute atomic E-state index is 0.266. The molecule has 0 aliphatic carbocycles. The molecule has 0 atom stereocenters. The third kappa shape index (κ3) is 2.67. The zero-order valence-corrected chi connectivity index (χ0v) is 8.27. The summed E-state index contributed by atoms with van der Waals surface area (Å²) in [6.45, 7) is 4.05. The van der Waals surface area contributed by atoms with Crippen molar-refractivity contribution in [3.8, 4) is 0 Å². The lowest BCUT2D eigenvalue weighted by Gasteiger charge is -2.25. The fourth-order valence-electron chi connectivity index (χ4n) is 1.01. The van der Waals surface area contributed by atoms with Crippen molar-refractivity contribution in [2.75, 3.05) is 11.9 Å². The number of nitrogens with two attached hydrogens (primary N) is 1. The molecule has 1 aromatic rings. The van der Waals surface area contributed by atoms with E-state index in [1.54, 1.807) is 0 Å². The standard InChI is InChI=1S/C10H14F2N2/c1-10(2,6-13)14-9-4-3-7(11)5-8(9)12/h3-5,14H,6,13H2,1-2H3. The number of nitrogens with one attached hydrogen (secondary N) is 1. The molecule has 0 saturated heterocycles. The van der Waals surface area contributed by atoms with Crippen molar-refractivity contribution in [1.29, 1.82) is 0 Å². The van der Waals surface area contributed by atoms with Crippen LogP contribution in [0.15, 0.2) is 18.2 Å². The molecular formula is C10H14F2N2. The van der Waals surface area contributed by atoms with Crippen LogP contribution < -0.4 is 11.1 Å². The first kappa shape index (κ1) is 10.9. The molecule has 78 valence electrons. The molecule has 0 heterocycles. The summed E-state index contributed by atoms with van der Waals surface area (Å²) in [7, 11) is 0. The van der Waals surface area contributed by atoms with Gasteiger partial charge in [0, 0.05) is 18.2 Å². The highest BCUT2D eigenvalue weighted by Crippen LogP contribution is 2.18.